The Balaban J connectivity index is 1.77. The number of fused-ring (bicyclic) bond motifs is 1. The third-order valence-electron chi connectivity index (χ3n) is 3.95. The van der Waals surface area contributed by atoms with Gasteiger partial charge in [-0.05, 0) is 58.1 Å². The number of thiophene rings is 1. The van der Waals surface area contributed by atoms with E-state index in [0.717, 1.165) is 11.6 Å². The molecule has 0 fully saturated rings. The van der Waals surface area contributed by atoms with Crippen LogP contribution in [0.2, 0.25) is 0 Å². The summed E-state index contributed by atoms with van der Waals surface area (Å²) in [4.78, 5) is 21.1. The van der Waals surface area contributed by atoms with Gasteiger partial charge in [0.05, 0.1) is 16.3 Å². The second-order valence-electron chi connectivity index (χ2n) is 6.09. The van der Waals surface area contributed by atoms with Crippen molar-refractivity contribution in [1.82, 2.24) is 19.6 Å². The Bertz CT molecular complexity index is 1220. The molecular weight excluding hydrogens is 471 g/mol. The van der Waals surface area contributed by atoms with Gasteiger partial charge in [-0.2, -0.15) is 22.7 Å². The predicted octanol–water partition coefficient (Wildman–Crippen LogP) is 5.19. The van der Waals surface area contributed by atoms with E-state index < -0.39 is 23.6 Å². The van der Waals surface area contributed by atoms with Gasteiger partial charge in [0.25, 0.3) is 11.7 Å². The van der Waals surface area contributed by atoms with Crippen LogP contribution in [0.15, 0.2) is 46.3 Å². The van der Waals surface area contributed by atoms with Gasteiger partial charge in [-0.15, -0.1) is 16.4 Å². The van der Waals surface area contributed by atoms with Gasteiger partial charge in [-0.1, -0.05) is 12.1 Å². The van der Waals surface area contributed by atoms with Crippen molar-refractivity contribution in [3.05, 3.63) is 63.3 Å². The van der Waals surface area contributed by atoms with Crippen molar-refractivity contribution in [2.75, 3.05) is 5.32 Å². The number of nitrogens with one attached hydrogen (secondary N) is 1. The van der Waals surface area contributed by atoms with Gasteiger partial charge in [0.15, 0.2) is 5.69 Å². The first-order valence-corrected chi connectivity index (χ1v) is 9.86. The Morgan fingerprint density at radius 1 is 1.21 bits per heavy atom. The van der Waals surface area contributed by atoms with Crippen LogP contribution in [0.4, 0.5) is 18.9 Å². The van der Waals surface area contributed by atoms with Gasteiger partial charge in [0, 0.05) is 4.47 Å². The minimum absolute atomic E-state index is 0.112. The monoisotopic (exact) mass is 481 g/mol. The lowest BCUT2D eigenvalue weighted by Gasteiger charge is -2.09. The third kappa shape index (κ3) is 3.87. The molecule has 0 aliphatic carbocycles. The zero-order chi connectivity index (χ0) is 20.8. The van der Waals surface area contributed by atoms with Crippen LogP contribution in [0.5, 0.6) is 0 Å². The summed E-state index contributed by atoms with van der Waals surface area (Å²) in [6.45, 7) is 1.88. The maximum Gasteiger partial charge on any atom is 0.433 e. The zero-order valence-corrected chi connectivity index (χ0v) is 17.1. The molecule has 4 rings (SSSR count). The average Bonchev–Trinajstić information content (AvgIpc) is 3.31. The van der Waals surface area contributed by atoms with Gasteiger partial charge >= 0.3 is 6.18 Å². The van der Waals surface area contributed by atoms with Crippen LogP contribution < -0.4 is 5.32 Å². The zero-order valence-electron chi connectivity index (χ0n) is 14.7. The number of halogens is 4. The Morgan fingerprint density at radius 2 is 2.00 bits per heavy atom. The van der Waals surface area contributed by atoms with Crippen molar-refractivity contribution >= 4 is 44.6 Å². The molecule has 0 unspecified atom stereocenters. The molecule has 3 heterocycles. The fourth-order valence-corrected chi connectivity index (χ4v) is 3.90. The lowest BCUT2D eigenvalue weighted by molar-refractivity contribution is -0.142. The highest BCUT2D eigenvalue weighted by Gasteiger charge is 2.36. The van der Waals surface area contributed by atoms with Crippen LogP contribution in [0.25, 0.3) is 16.3 Å². The fraction of sp³-hybridized carbons (Fsp3) is 0.111. The number of aryl methyl sites for hydroxylation is 1. The summed E-state index contributed by atoms with van der Waals surface area (Å²) in [7, 11) is 0. The molecule has 0 saturated heterocycles. The Kier molecular flexibility index (Phi) is 4.87. The molecule has 3 aromatic heterocycles. The van der Waals surface area contributed by atoms with Crippen molar-refractivity contribution in [2.45, 2.75) is 13.1 Å². The molecule has 6 nitrogen and oxygen atoms in total. The predicted molar refractivity (Wildman–Crippen MR) is 106 cm³/mol. The molecule has 0 aliphatic rings. The van der Waals surface area contributed by atoms with E-state index in [4.69, 9.17) is 0 Å². The second-order valence-corrected chi connectivity index (χ2v) is 7.89. The topological polar surface area (TPSA) is 72.2 Å². The van der Waals surface area contributed by atoms with Gasteiger partial charge in [-0.3, -0.25) is 4.79 Å². The highest BCUT2D eigenvalue weighted by molar-refractivity contribution is 9.10. The van der Waals surface area contributed by atoms with E-state index in [0.29, 0.717) is 19.6 Å². The van der Waals surface area contributed by atoms with Crippen LogP contribution in [-0.2, 0) is 6.18 Å². The number of hydrogen-bond acceptors (Lipinski definition) is 5. The van der Waals surface area contributed by atoms with Crippen LogP contribution in [0, 0.1) is 6.92 Å². The number of alkyl halides is 3. The minimum atomic E-state index is -4.70. The summed E-state index contributed by atoms with van der Waals surface area (Å²) in [5.74, 6) is -1.47. The first-order chi connectivity index (χ1) is 13.7. The van der Waals surface area contributed by atoms with Crippen LogP contribution >= 0.6 is 27.3 Å². The van der Waals surface area contributed by atoms with Crippen molar-refractivity contribution in [1.29, 1.82) is 0 Å². The highest BCUT2D eigenvalue weighted by Crippen LogP contribution is 2.33. The first-order valence-electron chi connectivity index (χ1n) is 8.19. The van der Waals surface area contributed by atoms with Crippen molar-refractivity contribution < 1.29 is 18.0 Å². The Labute approximate surface area is 174 Å². The normalized spacial score (nSPS) is 11.8. The fourth-order valence-electron chi connectivity index (χ4n) is 2.62. The van der Waals surface area contributed by atoms with E-state index in [-0.39, 0.29) is 11.5 Å². The van der Waals surface area contributed by atoms with E-state index in [1.165, 1.54) is 11.3 Å². The first kappa shape index (κ1) is 19.5. The summed E-state index contributed by atoms with van der Waals surface area (Å²) in [6.07, 6.45) is -4.70. The van der Waals surface area contributed by atoms with Crippen molar-refractivity contribution in [3.8, 4) is 10.6 Å². The molecule has 1 N–H and O–H groups in total. The van der Waals surface area contributed by atoms with Crippen molar-refractivity contribution in [2.24, 2.45) is 0 Å². The molecule has 1 aromatic carbocycles. The molecule has 148 valence electrons. The summed E-state index contributed by atoms with van der Waals surface area (Å²) in [5, 5.41) is 8.06. The quantitative estimate of drug-likeness (QED) is 0.436. The molecule has 0 atom stereocenters. The second kappa shape index (κ2) is 7.23. The van der Waals surface area contributed by atoms with E-state index >= 15 is 0 Å². The molecule has 29 heavy (non-hydrogen) atoms. The number of amides is 1. The summed E-state index contributed by atoms with van der Waals surface area (Å²) >= 11 is 4.58. The largest absolute Gasteiger partial charge is 0.433 e. The van der Waals surface area contributed by atoms with E-state index in [1.807, 2.05) is 6.92 Å². The Morgan fingerprint density at radius 3 is 2.66 bits per heavy atom. The number of benzene rings is 1. The number of aromatic nitrogens is 4. The summed E-state index contributed by atoms with van der Waals surface area (Å²) in [6, 6.07) is 9.51. The van der Waals surface area contributed by atoms with E-state index in [1.54, 1.807) is 35.7 Å². The maximum atomic E-state index is 13.6. The minimum Gasteiger partial charge on any atom is -0.318 e. The van der Waals surface area contributed by atoms with Crippen LogP contribution in [-0.4, -0.2) is 25.5 Å². The van der Waals surface area contributed by atoms with Gasteiger partial charge in [0.2, 0.25) is 5.82 Å². The number of carbonyl (C=O) groups excluding carboxylic acids is 1. The average molecular weight is 482 g/mol. The maximum absolute atomic E-state index is 13.6. The molecule has 4 aromatic rings. The lowest BCUT2D eigenvalue weighted by atomic mass is 10.2. The smallest absolute Gasteiger partial charge is 0.318 e. The third-order valence-corrected chi connectivity index (χ3v) is 5.50. The van der Waals surface area contributed by atoms with Crippen LogP contribution in [0.1, 0.15) is 21.9 Å². The molecule has 0 saturated carbocycles. The summed E-state index contributed by atoms with van der Waals surface area (Å²) in [5.41, 5.74) is 0.470. The molecule has 11 heteroatoms. The van der Waals surface area contributed by atoms with Gasteiger partial charge in [-0.25, -0.2) is 4.98 Å². The molecule has 0 radical (unpaired) electrons. The van der Waals surface area contributed by atoms with Gasteiger partial charge < -0.3 is 5.32 Å². The molecule has 0 bridgehead atoms. The molecular formula is C18H11BrF3N5OS. The molecule has 1 amide bonds. The number of nitrogens with zero attached hydrogens (tertiary/aromatic N) is 4. The summed E-state index contributed by atoms with van der Waals surface area (Å²) < 4.78 is 41.9. The molecule has 0 spiro atoms. The number of rotatable bonds is 3. The number of hydrogen-bond donors (Lipinski definition) is 1. The number of anilines is 1. The number of carbonyl (C=O) groups is 1. The van der Waals surface area contributed by atoms with Crippen molar-refractivity contribution in [3.63, 3.8) is 0 Å². The SMILES string of the molecule is Cc1ccc(NC(=O)c2nc3nc(-c4cccs4)cc(C(F)(F)F)n3n2)c(Br)c1. The van der Waals surface area contributed by atoms with E-state index in [2.05, 4.69) is 36.3 Å². The van der Waals surface area contributed by atoms with E-state index in [9.17, 15) is 18.0 Å². The van der Waals surface area contributed by atoms with Gasteiger partial charge in [0.1, 0.15) is 0 Å². The lowest BCUT2D eigenvalue weighted by Crippen LogP contribution is -2.16. The Hall–Kier alpha value is -2.79. The standard InChI is InChI=1S/C18H11BrF3N5OS/c1-9-4-5-11(10(19)7-9)23-16(28)15-25-17-24-12(13-3-2-6-29-13)8-14(18(20,21)22)27(17)26-15/h2-8H,1H3,(H,23,28). The van der Waals surface area contributed by atoms with Crippen LogP contribution in [0.3, 0.4) is 0 Å². The molecule has 0 aliphatic heterocycles. The highest BCUT2D eigenvalue weighted by atomic mass is 79.9.